The summed E-state index contributed by atoms with van der Waals surface area (Å²) in [6, 6.07) is 11.2. The number of rotatable bonds is 11. The van der Waals surface area contributed by atoms with Gasteiger partial charge in [0.05, 0.1) is 61.9 Å². The first kappa shape index (κ1) is 53.0. The Bertz CT molecular complexity index is 3930. The third kappa shape index (κ3) is 8.60. The highest BCUT2D eigenvalue weighted by Gasteiger charge is 2.50. The van der Waals surface area contributed by atoms with Gasteiger partial charge in [-0.15, -0.1) is 11.3 Å². The van der Waals surface area contributed by atoms with Crippen LogP contribution in [0.5, 0.6) is 6.01 Å². The van der Waals surface area contributed by atoms with Gasteiger partial charge in [0.15, 0.2) is 11.4 Å². The molecule has 5 atom stereocenters. The second-order valence-electron chi connectivity index (χ2n) is 21.2. The van der Waals surface area contributed by atoms with Gasteiger partial charge in [-0.3, -0.25) is 19.8 Å². The van der Waals surface area contributed by atoms with Crippen molar-refractivity contribution in [1.82, 2.24) is 29.3 Å². The quantitative estimate of drug-likeness (QED) is 0.0811. The molecule has 5 aliphatic heterocycles. The molecule has 18 nitrogen and oxygen atoms in total. The number of carbonyl (C=O) groups excluding carboxylic acids is 3. The van der Waals surface area contributed by atoms with Gasteiger partial charge < -0.3 is 39.4 Å². The number of amides is 2. The summed E-state index contributed by atoms with van der Waals surface area (Å²) in [4.78, 5) is 73.3. The number of anilines is 3. The van der Waals surface area contributed by atoms with Crippen LogP contribution in [0.2, 0.25) is 5.02 Å². The number of alkyl halides is 1. The van der Waals surface area contributed by atoms with Crippen molar-refractivity contribution >= 4 is 89.3 Å². The van der Waals surface area contributed by atoms with Crippen molar-refractivity contribution in [1.29, 1.82) is 5.26 Å². The predicted molar refractivity (Wildman–Crippen MR) is 290 cm³/mol. The summed E-state index contributed by atoms with van der Waals surface area (Å²) in [6.45, 7) is 6.57. The number of aromatic nitrogens is 4. The topological polar surface area (TPSA) is 231 Å². The largest absolute Gasteiger partial charge is 0.461 e. The Hall–Kier alpha value is -7.65. The number of hydrogen-bond acceptors (Lipinski definition) is 16. The van der Waals surface area contributed by atoms with Crippen LogP contribution in [0.4, 0.5) is 38.9 Å². The lowest BCUT2D eigenvalue weighted by Crippen LogP contribution is -2.54. The van der Waals surface area contributed by atoms with Gasteiger partial charge in [0.2, 0.25) is 5.91 Å². The first-order valence-corrected chi connectivity index (χ1v) is 27.5. The number of esters is 1. The van der Waals surface area contributed by atoms with E-state index < -0.39 is 64.5 Å². The number of nitrogens with two attached hydrogens (primary N) is 1. The van der Waals surface area contributed by atoms with Crippen LogP contribution < -0.4 is 26.2 Å². The predicted octanol–water partition coefficient (Wildman–Crippen LogP) is 8.84. The fourth-order valence-electron chi connectivity index (χ4n) is 12.3. The molecule has 80 heavy (non-hydrogen) atoms. The number of fused-ring (bicyclic) bond motifs is 8. The monoisotopic (exact) mass is 1130 g/mol. The minimum absolute atomic E-state index is 0.0230. The van der Waals surface area contributed by atoms with E-state index in [0.29, 0.717) is 35.3 Å². The third-order valence-corrected chi connectivity index (χ3v) is 17.8. The van der Waals surface area contributed by atoms with Crippen LogP contribution in [0.15, 0.2) is 47.3 Å². The van der Waals surface area contributed by atoms with Crippen molar-refractivity contribution in [2.24, 2.45) is 0 Å². The molecule has 414 valence electrons. The molecule has 0 saturated carbocycles. The second-order valence-corrected chi connectivity index (χ2v) is 22.6. The van der Waals surface area contributed by atoms with Crippen molar-refractivity contribution < 1.29 is 51.3 Å². The number of carbonyl (C=O) groups is 3. The highest BCUT2D eigenvalue weighted by atomic mass is 35.5. The highest BCUT2D eigenvalue weighted by molar-refractivity contribution is 7.23. The number of pyridine rings is 2. The number of ether oxygens (including phenoxy) is 3. The molecule has 5 unspecified atom stereocenters. The standard InChI is InChI=1S/C56H51ClF4N10O8S/c1-4-30(79-54(75)65-40-14-27-13-28-22-71-41(46(28)64-39(27)18-38(40)60)17-35-34(51(71)73)24-77-52(74)56(35,76)5-2)15-42(72)68-11-12-70(26(3)21-68)50-32-16-36(57)44(31-7-8-37(59)48-43(31)33(20-62)49(63)80-48)45(61)47(32)66-53(67-50)78-25-55-9-6-10-69(55)23-29(58)19-55/h7-8,13-14,16-18,26,29-30,76H,4-6,9-12,15,19,21-25,63H2,1-3H3,(H,65,75). The van der Waals surface area contributed by atoms with Gasteiger partial charge in [0, 0.05) is 77.6 Å². The molecule has 3 aromatic carbocycles. The molecule has 4 aromatic heterocycles. The average molecular weight is 1140 g/mol. The maximum Gasteiger partial charge on any atom is 0.412 e. The van der Waals surface area contributed by atoms with Crippen LogP contribution in [0.3, 0.4) is 0 Å². The number of nitriles is 1. The smallest absolute Gasteiger partial charge is 0.412 e. The van der Waals surface area contributed by atoms with E-state index in [1.165, 1.54) is 22.8 Å². The molecule has 0 spiro atoms. The van der Waals surface area contributed by atoms with E-state index in [1.54, 1.807) is 30.9 Å². The zero-order chi connectivity index (χ0) is 56.3. The maximum atomic E-state index is 17.5. The molecule has 3 fully saturated rings. The highest BCUT2D eigenvalue weighted by Crippen LogP contribution is 2.47. The van der Waals surface area contributed by atoms with Crippen LogP contribution in [-0.4, -0.2) is 116 Å². The lowest BCUT2D eigenvalue weighted by Gasteiger charge is -2.41. The van der Waals surface area contributed by atoms with Crippen LogP contribution in [0, 0.1) is 28.8 Å². The van der Waals surface area contributed by atoms with E-state index in [2.05, 4.69) is 20.2 Å². The van der Waals surface area contributed by atoms with Crippen molar-refractivity contribution in [2.45, 2.75) is 102 Å². The van der Waals surface area contributed by atoms with Gasteiger partial charge >= 0.3 is 18.1 Å². The number of piperazine rings is 1. The number of aliphatic hydroxyl groups is 1. The number of hydrogen-bond donors (Lipinski definition) is 3. The SMILES string of the molecule is CCC(CC(=O)N1CCN(c2nc(OCC34CCCN3CC(F)C4)nc3c(F)c(-c4ccc(F)c5sc(N)c(C#N)c45)c(Cl)cc23)C(C)C1)OC(=O)Nc1cc2cc3c(nc2cc1F)-c1cc2c(c(=O)n1C3)COC(=O)C2(O)CC. The van der Waals surface area contributed by atoms with Gasteiger partial charge in [0.1, 0.15) is 59.5 Å². The lowest BCUT2D eigenvalue weighted by molar-refractivity contribution is -0.172. The van der Waals surface area contributed by atoms with Crippen LogP contribution in [-0.2, 0) is 37.8 Å². The van der Waals surface area contributed by atoms with Crippen molar-refractivity contribution in [3.05, 3.63) is 97.5 Å². The average Bonchev–Trinajstić information content (AvgIpc) is 4.21. The van der Waals surface area contributed by atoms with Gasteiger partial charge in [-0.2, -0.15) is 15.2 Å². The number of thiophene rings is 1. The zero-order valence-corrected chi connectivity index (χ0v) is 45.0. The Kier molecular flexibility index (Phi) is 13.2. The van der Waals surface area contributed by atoms with Crippen LogP contribution in [0.25, 0.3) is 54.4 Å². The summed E-state index contributed by atoms with van der Waals surface area (Å²) in [5, 5.41) is 24.4. The third-order valence-electron chi connectivity index (χ3n) is 16.5. The first-order valence-electron chi connectivity index (χ1n) is 26.3. The molecular weight excluding hydrogens is 1080 g/mol. The van der Waals surface area contributed by atoms with Gasteiger partial charge in [-0.1, -0.05) is 31.5 Å². The molecule has 4 N–H and O–H groups in total. The summed E-state index contributed by atoms with van der Waals surface area (Å²) < 4.78 is 81.9. The van der Waals surface area contributed by atoms with Crippen molar-refractivity contribution in [2.75, 3.05) is 55.3 Å². The summed E-state index contributed by atoms with van der Waals surface area (Å²) in [6.07, 6.45) is -1.14. The molecule has 2 amide bonds. The second kappa shape index (κ2) is 19.9. The maximum absolute atomic E-state index is 17.5. The number of nitrogens with zero attached hydrogens (tertiary/aromatic N) is 8. The van der Waals surface area contributed by atoms with E-state index in [9.17, 15) is 33.9 Å². The Balaban J connectivity index is 0.763. The molecule has 5 aliphatic rings. The van der Waals surface area contributed by atoms with E-state index in [4.69, 9.17) is 36.5 Å². The van der Waals surface area contributed by atoms with Crippen LogP contribution >= 0.6 is 22.9 Å². The summed E-state index contributed by atoms with van der Waals surface area (Å²) in [7, 11) is 0. The minimum atomic E-state index is -2.01. The molecule has 0 bridgehead atoms. The van der Waals surface area contributed by atoms with Gasteiger partial charge in [-0.05, 0) is 75.0 Å². The number of nitrogens with one attached hydrogen (secondary N) is 1. The summed E-state index contributed by atoms with van der Waals surface area (Å²) in [5.41, 5.74) is 4.51. The van der Waals surface area contributed by atoms with Crippen molar-refractivity contribution in [3.63, 3.8) is 0 Å². The molecule has 7 aromatic rings. The van der Waals surface area contributed by atoms with Gasteiger partial charge in [-0.25, -0.2) is 32.1 Å². The number of cyclic esters (lactones) is 1. The summed E-state index contributed by atoms with van der Waals surface area (Å²) >= 11 is 7.83. The summed E-state index contributed by atoms with van der Waals surface area (Å²) in [5.74, 6) is -3.30. The Morgan fingerprint density at radius 3 is 2.65 bits per heavy atom. The van der Waals surface area contributed by atoms with Crippen molar-refractivity contribution in [3.8, 4) is 34.6 Å². The molecule has 0 radical (unpaired) electrons. The first-order chi connectivity index (χ1) is 38.3. The minimum Gasteiger partial charge on any atom is -0.461 e. The van der Waals surface area contributed by atoms with E-state index in [-0.39, 0.29) is 159 Å². The Morgan fingerprint density at radius 1 is 1.07 bits per heavy atom. The number of benzene rings is 3. The molecular formula is C56H51ClF4N10O8S. The molecule has 24 heteroatoms. The van der Waals surface area contributed by atoms with Crippen LogP contribution in [0.1, 0.15) is 81.5 Å². The normalized spacial score (nSPS) is 21.8. The zero-order valence-electron chi connectivity index (χ0n) is 43.4. The van der Waals surface area contributed by atoms with E-state index in [1.807, 2.05) is 17.9 Å². The van der Waals surface area contributed by atoms with E-state index >= 15 is 13.2 Å². The molecule has 12 rings (SSSR count). The number of nitrogen functional groups attached to an aromatic ring is 1. The Morgan fingerprint density at radius 2 is 1.89 bits per heavy atom. The van der Waals surface area contributed by atoms with E-state index in [0.717, 1.165) is 29.9 Å². The fraction of sp³-hybridized carbons (Fsp3) is 0.393. The Labute approximate surface area is 462 Å². The number of halogens is 5. The lowest BCUT2D eigenvalue weighted by atomic mass is 9.86. The van der Waals surface area contributed by atoms with Gasteiger partial charge in [0.25, 0.3) is 5.56 Å². The fourth-order valence-corrected chi connectivity index (χ4v) is 13.6. The molecule has 3 saturated heterocycles. The molecule has 0 aliphatic carbocycles. The molecule has 9 heterocycles.